The average Bonchev–Trinajstić information content (AvgIpc) is 2.64. The van der Waals surface area contributed by atoms with E-state index in [0.29, 0.717) is 19.0 Å². The maximum atomic E-state index is 11.3. The number of rotatable bonds is 6. The van der Waals surface area contributed by atoms with E-state index in [4.69, 9.17) is 0 Å². The second-order valence-electron chi connectivity index (χ2n) is 3.61. The van der Waals surface area contributed by atoms with Crippen LogP contribution in [-0.4, -0.2) is 34.6 Å². The third-order valence-corrected chi connectivity index (χ3v) is 3.40. The molecule has 0 aromatic rings. The highest BCUT2D eigenvalue weighted by Gasteiger charge is 2.17. The minimum atomic E-state index is -3.26. The second-order valence-corrected chi connectivity index (χ2v) is 5.19. The van der Waals surface area contributed by atoms with Crippen molar-refractivity contribution in [2.24, 2.45) is 5.92 Å². The van der Waals surface area contributed by atoms with Crippen molar-refractivity contribution in [1.29, 1.82) is 0 Å². The van der Waals surface area contributed by atoms with Gasteiger partial charge in [-0.3, -0.25) is 0 Å². The van der Waals surface area contributed by atoms with E-state index in [2.05, 4.69) is 14.8 Å². The minimum Gasteiger partial charge on any atom is -0.316 e. The number of nitrogens with one attached hydrogen (secondary N) is 3. The molecule has 0 radical (unpaired) electrons. The van der Waals surface area contributed by atoms with Gasteiger partial charge >= 0.3 is 0 Å². The first-order valence-corrected chi connectivity index (χ1v) is 6.57. The van der Waals surface area contributed by atoms with Crippen LogP contribution < -0.4 is 14.8 Å². The first kappa shape index (κ1) is 15.1. The van der Waals surface area contributed by atoms with Gasteiger partial charge in [0.15, 0.2) is 0 Å². The summed E-state index contributed by atoms with van der Waals surface area (Å²) in [7, 11) is -3.26. The summed E-state index contributed by atoms with van der Waals surface area (Å²) < 4.78 is 27.6. The van der Waals surface area contributed by atoms with E-state index >= 15 is 0 Å². The Morgan fingerprint density at radius 2 is 2.13 bits per heavy atom. The Hall–Kier alpha value is 0.120. The van der Waals surface area contributed by atoms with Crippen LogP contribution in [0, 0.1) is 5.92 Å². The molecule has 0 amide bonds. The molecule has 1 atom stereocenters. The Balaban J connectivity index is 0.00000196. The van der Waals surface area contributed by atoms with Crippen molar-refractivity contribution in [3.8, 4) is 0 Å². The monoisotopic (exact) mass is 257 g/mol. The Morgan fingerprint density at radius 3 is 2.67 bits per heavy atom. The van der Waals surface area contributed by atoms with Gasteiger partial charge in [0.05, 0.1) is 0 Å². The van der Waals surface area contributed by atoms with Gasteiger partial charge in [-0.1, -0.05) is 6.92 Å². The molecule has 3 N–H and O–H groups in total. The van der Waals surface area contributed by atoms with E-state index < -0.39 is 10.2 Å². The van der Waals surface area contributed by atoms with E-state index in [1.54, 1.807) is 0 Å². The molecule has 0 aromatic carbocycles. The fourth-order valence-corrected chi connectivity index (χ4v) is 2.43. The Bertz CT molecular complexity index is 253. The molecule has 1 aliphatic heterocycles. The molecule has 1 rings (SSSR count). The smallest absolute Gasteiger partial charge is 0.276 e. The van der Waals surface area contributed by atoms with Crippen molar-refractivity contribution in [3.63, 3.8) is 0 Å². The summed E-state index contributed by atoms with van der Waals surface area (Å²) in [4.78, 5) is 0. The number of hydrogen-bond donors (Lipinski definition) is 3. The number of hydrogen-bond acceptors (Lipinski definition) is 3. The van der Waals surface area contributed by atoms with Crippen LogP contribution in [0.3, 0.4) is 0 Å². The predicted molar refractivity (Wildman–Crippen MR) is 63.4 cm³/mol. The molecule has 1 fully saturated rings. The summed E-state index contributed by atoms with van der Waals surface area (Å²) in [5, 5.41) is 3.20. The topological polar surface area (TPSA) is 70.2 Å². The zero-order valence-corrected chi connectivity index (χ0v) is 10.6. The van der Waals surface area contributed by atoms with Gasteiger partial charge in [0.25, 0.3) is 10.2 Å². The van der Waals surface area contributed by atoms with Crippen LogP contribution in [0.1, 0.15) is 19.8 Å². The molecule has 15 heavy (non-hydrogen) atoms. The normalized spacial score (nSPS) is 21.3. The van der Waals surface area contributed by atoms with Gasteiger partial charge in [0.1, 0.15) is 0 Å². The molecule has 0 aromatic heterocycles. The Morgan fingerprint density at radius 1 is 1.40 bits per heavy atom. The average molecular weight is 258 g/mol. The number of halogens is 1. The van der Waals surface area contributed by atoms with Crippen LogP contribution in [0.2, 0.25) is 0 Å². The van der Waals surface area contributed by atoms with Crippen molar-refractivity contribution in [2.75, 3.05) is 26.2 Å². The summed E-state index contributed by atoms with van der Waals surface area (Å²) in [6, 6.07) is 0. The second kappa shape index (κ2) is 7.40. The van der Waals surface area contributed by atoms with E-state index in [1.165, 1.54) is 0 Å². The zero-order chi connectivity index (χ0) is 10.4. The molecule has 0 bridgehead atoms. The third-order valence-electron chi connectivity index (χ3n) is 2.27. The first-order chi connectivity index (χ1) is 6.64. The molecule has 1 saturated heterocycles. The molecular weight excluding hydrogens is 238 g/mol. The lowest BCUT2D eigenvalue weighted by Gasteiger charge is -2.10. The largest absolute Gasteiger partial charge is 0.316 e. The van der Waals surface area contributed by atoms with E-state index in [9.17, 15) is 8.42 Å². The molecule has 0 spiro atoms. The standard InChI is InChI=1S/C8H19N3O2S.ClH/c1-2-4-10-14(12,13)11-7-8-3-5-9-6-8;/h8-11H,2-7H2,1H3;1H. The van der Waals surface area contributed by atoms with Crippen molar-refractivity contribution < 1.29 is 8.42 Å². The third kappa shape index (κ3) is 6.32. The van der Waals surface area contributed by atoms with Crippen molar-refractivity contribution in [3.05, 3.63) is 0 Å². The van der Waals surface area contributed by atoms with Crippen LogP contribution in [-0.2, 0) is 10.2 Å². The lowest BCUT2D eigenvalue weighted by molar-refractivity contribution is 0.529. The van der Waals surface area contributed by atoms with Crippen LogP contribution in [0.5, 0.6) is 0 Å². The highest BCUT2D eigenvalue weighted by Crippen LogP contribution is 2.05. The highest BCUT2D eigenvalue weighted by atomic mass is 35.5. The molecule has 0 saturated carbocycles. The molecule has 1 aliphatic rings. The maximum absolute atomic E-state index is 11.3. The van der Waals surface area contributed by atoms with Crippen molar-refractivity contribution in [2.45, 2.75) is 19.8 Å². The molecule has 7 heteroatoms. The van der Waals surface area contributed by atoms with Crippen LogP contribution in [0.4, 0.5) is 0 Å². The van der Waals surface area contributed by atoms with Crippen molar-refractivity contribution in [1.82, 2.24) is 14.8 Å². The quantitative estimate of drug-likeness (QED) is 0.620. The molecule has 5 nitrogen and oxygen atoms in total. The molecule has 1 unspecified atom stereocenters. The van der Waals surface area contributed by atoms with Gasteiger partial charge < -0.3 is 5.32 Å². The summed E-state index contributed by atoms with van der Waals surface area (Å²) in [5.74, 6) is 0.438. The first-order valence-electron chi connectivity index (χ1n) is 5.09. The van der Waals surface area contributed by atoms with E-state index in [1.807, 2.05) is 6.92 Å². The fourth-order valence-electron chi connectivity index (χ4n) is 1.40. The van der Waals surface area contributed by atoms with E-state index in [-0.39, 0.29) is 12.4 Å². The highest BCUT2D eigenvalue weighted by molar-refractivity contribution is 7.87. The fraction of sp³-hybridized carbons (Fsp3) is 1.00. The molecule has 1 heterocycles. The van der Waals surface area contributed by atoms with Gasteiger partial charge in [-0.2, -0.15) is 8.42 Å². The molecule has 0 aliphatic carbocycles. The minimum absolute atomic E-state index is 0. The van der Waals surface area contributed by atoms with Gasteiger partial charge in [0.2, 0.25) is 0 Å². The molecular formula is C8H20ClN3O2S. The van der Waals surface area contributed by atoms with Gasteiger partial charge in [-0.15, -0.1) is 12.4 Å². The van der Waals surface area contributed by atoms with Crippen LogP contribution in [0.25, 0.3) is 0 Å². The maximum Gasteiger partial charge on any atom is 0.276 e. The Kier molecular flexibility index (Phi) is 7.46. The van der Waals surface area contributed by atoms with Crippen LogP contribution >= 0.6 is 12.4 Å². The summed E-state index contributed by atoms with van der Waals surface area (Å²) >= 11 is 0. The van der Waals surface area contributed by atoms with Crippen LogP contribution in [0.15, 0.2) is 0 Å². The summed E-state index contributed by atoms with van der Waals surface area (Å²) in [6.07, 6.45) is 1.86. The van der Waals surface area contributed by atoms with Gasteiger partial charge in [-0.25, -0.2) is 9.44 Å². The van der Waals surface area contributed by atoms with E-state index in [0.717, 1.165) is 25.9 Å². The summed E-state index contributed by atoms with van der Waals surface area (Å²) in [6.45, 7) is 4.87. The SMILES string of the molecule is CCCNS(=O)(=O)NCC1CCNC1.Cl. The van der Waals surface area contributed by atoms with Crippen molar-refractivity contribution >= 4 is 22.6 Å². The van der Waals surface area contributed by atoms with Gasteiger partial charge in [-0.05, 0) is 31.8 Å². The summed E-state index contributed by atoms with van der Waals surface area (Å²) in [5.41, 5.74) is 0. The lowest BCUT2D eigenvalue weighted by Crippen LogP contribution is -2.39. The zero-order valence-electron chi connectivity index (χ0n) is 8.95. The lowest BCUT2D eigenvalue weighted by atomic mass is 10.1. The van der Waals surface area contributed by atoms with Gasteiger partial charge in [0, 0.05) is 13.1 Å². The predicted octanol–water partition coefficient (Wildman–Crippen LogP) is -0.148. The molecule has 92 valence electrons. The Labute approximate surface area is 98.0 Å².